The molecule has 3 amide bonds. The lowest BCUT2D eigenvalue weighted by Gasteiger charge is -2.18. The quantitative estimate of drug-likeness (QED) is 0.0918. The largest absolute Gasteiger partial charge is 0.465 e. The summed E-state index contributed by atoms with van der Waals surface area (Å²) >= 11 is 2.78. The van der Waals surface area contributed by atoms with E-state index in [1.807, 2.05) is 43.3 Å². The van der Waals surface area contributed by atoms with Crippen LogP contribution in [-0.2, 0) is 27.2 Å². The molecule has 10 heteroatoms. The Labute approximate surface area is 283 Å². The number of aryl methyl sites for hydroxylation is 1. The van der Waals surface area contributed by atoms with Crippen LogP contribution in [0.1, 0.15) is 62.6 Å². The fourth-order valence-corrected chi connectivity index (χ4v) is 7.57. The van der Waals surface area contributed by atoms with Crippen LogP contribution in [-0.4, -0.2) is 36.1 Å². The van der Waals surface area contributed by atoms with Gasteiger partial charge in [-0.3, -0.25) is 14.4 Å². The molecule has 3 aromatic carbocycles. The topological polar surface area (TPSA) is 114 Å². The van der Waals surface area contributed by atoms with Crippen LogP contribution in [0.25, 0.3) is 6.08 Å². The lowest BCUT2D eigenvalue weighted by atomic mass is 9.88. The number of benzene rings is 3. The zero-order valence-electron chi connectivity index (χ0n) is 26.7. The summed E-state index contributed by atoms with van der Waals surface area (Å²) in [4.78, 5) is 54.4. The Morgan fingerprint density at radius 2 is 1.72 bits per heavy atom. The number of carbonyl (C=O) groups is 4. The molecule has 4 aromatic rings. The fraction of sp³-hybridized carbons (Fsp3) is 0.243. The van der Waals surface area contributed by atoms with Crippen LogP contribution >= 0.6 is 23.1 Å². The number of fused-ring (bicyclic) bond motifs is 1. The van der Waals surface area contributed by atoms with Crippen molar-refractivity contribution in [1.29, 1.82) is 0 Å². The van der Waals surface area contributed by atoms with E-state index in [4.69, 9.17) is 4.74 Å². The molecule has 2 atom stereocenters. The number of esters is 1. The molecule has 8 nitrogen and oxygen atoms in total. The lowest BCUT2D eigenvalue weighted by Crippen LogP contribution is -2.30. The Balaban J connectivity index is 1.29. The van der Waals surface area contributed by atoms with Crippen LogP contribution in [0.4, 0.5) is 10.7 Å². The van der Waals surface area contributed by atoms with Gasteiger partial charge in [-0.1, -0.05) is 61.0 Å². The van der Waals surface area contributed by atoms with E-state index in [9.17, 15) is 19.2 Å². The predicted molar refractivity (Wildman–Crippen MR) is 189 cm³/mol. The highest BCUT2D eigenvalue weighted by molar-refractivity contribution is 8.00. The maximum atomic E-state index is 13.5. The van der Waals surface area contributed by atoms with E-state index < -0.39 is 23.0 Å². The second-order valence-electron chi connectivity index (χ2n) is 11.6. The Kier molecular flexibility index (Phi) is 11.0. The van der Waals surface area contributed by atoms with Gasteiger partial charge >= 0.3 is 5.97 Å². The maximum absolute atomic E-state index is 13.5. The van der Waals surface area contributed by atoms with Gasteiger partial charge in [-0.15, -0.1) is 23.1 Å². The molecule has 5 rings (SSSR count). The fourth-order valence-electron chi connectivity index (χ4n) is 5.25. The standard InChI is InChI=1S/C37H37N3O5S2/c1-22-13-16-25(17-14-22)20-30(39-34(42)26-9-6-5-7-10-26)35(43)38-27-11-8-12-28(21-27)46-24(3)33(41)40-36-32(37(44)45-4)29-18-15-23(2)19-31(29)47-36/h5-14,16-17,20-21,23-24H,15,18-19H2,1-4H3,(H,38,43)(H,39,42)(H,40,41)/b30-20+. The smallest absolute Gasteiger partial charge is 0.341 e. The Morgan fingerprint density at radius 1 is 0.979 bits per heavy atom. The number of amides is 3. The van der Waals surface area contributed by atoms with Crippen molar-refractivity contribution in [1.82, 2.24) is 5.32 Å². The summed E-state index contributed by atoms with van der Waals surface area (Å²) in [7, 11) is 1.35. The summed E-state index contributed by atoms with van der Waals surface area (Å²) in [6.45, 7) is 5.96. The van der Waals surface area contributed by atoms with Crippen molar-refractivity contribution < 1.29 is 23.9 Å². The van der Waals surface area contributed by atoms with Gasteiger partial charge in [0.15, 0.2) is 0 Å². The van der Waals surface area contributed by atoms with E-state index >= 15 is 0 Å². The Morgan fingerprint density at radius 3 is 2.45 bits per heavy atom. The van der Waals surface area contributed by atoms with E-state index in [1.165, 1.54) is 30.2 Å². The number of anilines is 2. The van der Waals surface area contributed by atoms with Gasteiger partial charge in [-0.25, -0.2) is 4.79 Å². The highest BCUT2D eigenvalue weighted by atomic mass is 32.2. The van der Waals surface area contributed by atoms with Crippen molar-refractivity contribution in [3.05, 3.63) is 117 Å². The first-order valence-corrected chi connectivity index (χ1v) is 17.1. The van der Waals surface area contributed by atoms with Gasteiger partial charge in [0.2, 0.25) is 5.91 Å². The van der Waals surface area contributed by atoms with Gasteiger partial charge < -0.3 is 20.7 Å². The summed E-state index contributed by atoms with van der Waals surface area (Å²) < 4.78 is 5.06. The number of rotatable bonds is 10. The van der Waals surface area contributed by atoms with Crippen LogP contribution in [0.5, 0.6) is 0 Å². The number of hydrogen-bond acceptors (Lipinski definition) is 7. The number of thiophene rings is 1. The van der Waals surface area contributed by atoms with Crippen molar-refractivity contribution in [2.75, 3.05) is 17.7 Å². The molecule has 0 bridgehead atoms. The summed E-state index contributed by atoms with van der Waals surface area (Å²) in [5.74, 6) is -1.05. The first kappa shape index (κ1) is 33.7. The monoisotopic (exact) mass is 667 g/mol. The average molecular weight is 668 g/mol. The number of thioether (sulfide) groups is 1. The molecular formula is C37H37N3O5S2. The minimum Gasteiger partial charge on any atom is -0.465 e. The second kappa shape index (κ2) is 15.3. The van der Waals surface area contributed by atoms with E-state index in [1.54, 1.807) is 55.5 Å². The number of methoxy groups -OCH3 is 1. The van der Waals surface area contributed by atoms with Crippen molar-refractivity contribution >= 4 is 63.6 Å². The summed E-state index contributed by atoms with van der Waals surface area (Å²) in [5, 5.41) is 8.64. The summed E-state index contributed by atoms with van der Waals surface area (Å²) in [5.41, 5.74) is 4.30. The van der Waals surface area contributed by atoms with E-state index in [0.29, 0.717) is 27.7 Å². The molecule has 242 valence electrons. The van der Waals surface area contributed by atoms with Crippen molar-refractivity contribution in [3.63, 3.8) is 0 Å². The van der Waals surface area contributed by atoms with Crippen molar-refractivity contribution in [3.8, 4) is 0 Å². The van der Waals surface area contributed by atoms with Gasteiger partial charge in [0.05, 0.1) is 17.9 Å². The SMILES string of the molecule is COC(=O)c1c(NC(=O)C(C)Sc2cccc(NC(=O)/C(=C\c3ccc(C)cc3)NC(=O)c3ccccc3)c2)sc2c1CCC(C)C2. The van der Waals surface area contributed by atoms with E-state index in [-0.39, 0.29) is 11.6 Å². The number of nitrogens with one attached hydrogen (secondary N) is 3. The van der Waals surface area contributed by atoms with Crippen molar-refractivity contribution in [2.24, 2.45) is 5.92 Å². The molecule has 0 spiro atoms. The first-order chi connectivity index (χ1) is 22.6. The number of hydrogen-bond donors (Lipinski definition) is 3. The summed E-state index contributed by atoms with van der Waals surface area (Å²) in [6.07, 6.45) is 4.28. The zero-order chi connectivity index (χ0) is 33.5. The number of carbonyl (C=O) groups excluding carboxylic acids is 4. The maximum Gasteiger partial charge on any atom is 0.341 e. The Bertz CT molecular complexity index is 1820. The third-order valence-corrected chi connectivity index (χ3v) is 10.1. The van der Waals surface area contributed by atoms with Gasteiger partial charge in [-0.2, -0.15) is 0 Å². The van der Waals surface area contributed by atoms with Crippen LogP contribution in [0.15, 0.2) is 89.5 Å². The molecule has 2 unspecified atom stereocenters. The first-order valence-electron chi connectivity index (χ1n) is 15.4. The molecule has 1 heterocycles. The lowest BCUT2D eigenvalue weighted by molar-refractivity contribution is -0.115. The highest BCUT2D eigenvalue weighted by Gasteiger charge is 2.29. The minimum atomic E-state index is -0.508. The minimum absolute atomic E-state index is 0.0861. The third-order valence-electron chi connectivity index (χ3n) is 7.83. The normalized spacial score (nSPS) is 14.8. The van der Waals surface area contributed by atoms with Gasteiger partial charge in [0.1, 0.15) is 10.7 Å². The van der Waals surface area contributed by atoms with E-state index in [0.717, 1.165) is 45.7 Å². The molecule has 0 saturated carbocycles. The van der Waals surface area contributed by atoms with Gasteiger partial charge in [0.25, 0.3) is 11.8 Å². The average Bonchev–Trinajstić information content (AvgIpc) is 3.42. The molecule has 1 aliphatic carbocycles. The molecular weight excluding hydrogens is 631 g/mol. The van der Waals surface area contributed by atoms with Gasteiger partial charge in [0, 0.05) is 21.0 Å². The second-order valence-corrected chi connectivity index (χ2v) is 14.1. The zero-order valence-corrected chi connectivity index (χ0v) is 28.3. The molecule has 1 aliphatic rings. The molecule has 0 saturated heterocycles. The highest BCUT2D eigenvalue weighted by Crippen LogP contribution is 2.40. The van der Waals surface area contributed by atoms with Crippen LogP contribution in [0, 0.1) is 12.8 Å². The Hall–Kier alpha value is -4.67. The molecule has 0 aliphatic heterocycles. The molecule has 47 heavy (non-hydrogen) atoms. The predicted octanol–water partition coefficient (Wildman–Crippen LogP) is 7.50. The van der Waals surface area contributed by atoms with Gasteiger partial charge in [-0.05, 0) is 86.6 Å². The number of ether oxygens (including phenoxy) is 1. The molecule has 0 radical (unpaired) electrons. The summed E-state index contributed by atoms with van der Waals surface area (Å²) in [6, 6.07) is 23.5. The van der Waals surface area contributed by atoms with Crippen molar-refractivity contribution in [2.45, 2.75) is 50.2 Å². The van der Waals surface area contributed by atoms with Crippen LogP contribution in [0.2, 0.25) is 0 Å². The molecule has 0 fully saturated rings. The molecule has 3 N–H and O–H groups in total. The third kappa shape index (κ3) is 8.58. The molecule has 1 aromatic heterocycles. The van der Waals surface area contributed by atoms with Crippen LogP contribution in [0.3, 0.4) is 0 Å². The van der Waals surface area contributed by atoms with Crippen LogP contribution < -0.4 is 16.0 Å². The van der Waals surface area contributed by atoms with E-state index in [2.05, 4.69) is 22.9 Å².